The van der Waals surface area contributed by atoms with Gasteiger partial charge in [0.25, 0.3) is 0 Å². The fourth-order valence-corrected chi connectivity index (χ4v) is 1.78. The van der Waals surface area contributed by atoms with E-state index in [1.165, 1.54) is 45.6 Å². The van der Waals surface area contributed by atoms with Crippen LogP contribution in [0, 0.1) is 5.92 Å². The molecule has 0 spiro atoms. The summed E-state index contributed by atoms with van der Waals surface area (Å²) >= 11 is 0. The second-order valence-corrected chi connectivity index (χ2v) is 4.35. The number of carbonyl (C=O) groups excluding carboxylic acids is 1. The zero-order valence-corrected chi connectivity index (χ0v) is 13.3. The molecule has 0 saturated carbocycles. The van der Waals surface area contributed by atoms with Gasteiger partial charge in [0, 0.05) is 13.2 Å². The molecule has 1 heterocycles. The van der Waals surface area contributed by atoms with Crippen molar-refractivity contribution in [1.29, 1.82) is 0 Å². The Morgan fingerprint density at radius 3 is 2.11 bits per heavy atom. The van der Waals surface area contributed by atoms with Crippen molar-refractivity contribution >= 4 is 6.29 Å². The molecule has 0 aromatic heterocycles. The average Bonchev–Trinajstić information content (AvgIpc) is 2.88. The second kappa shape index (κ2) is 26.2. The predicted molar refractivity (Wildman–Crippen MR) is 87.7 cm³/mol. The fraction of sp³-hybridized carbons (Fsp3) is 0.938. The van der Waals surface area contributed by atoms with E-state index in [0.29, 0.717) is 0 Å². The highest BCUT2D eigenvalue weighted by Crippen LogP contribution is 2.14. The lowest BCUT2D eigenvalue weighted by Gasteiger charge is -2.10. The highest BCUT2D eigenvalue weighted by molar-refractivity contribution is 5.44. The van der Waals surface area contributed by atoms with Crippen molar-refractivity contribution in [1.82, 2.24) is 5.32 Å². The van der Waals surface area contributed by atoms with Crippen LogP contribution >= 0.6 is 0 Å². The van der Waals surface area contributed by atoms with Gasteiger partial charge in [-0.05, 0) is 38.6 Å². The first kappa shape index (κ1) is 27.0. The van der Waals surface area contributed by atoms with Crippen molar-refractivity contribution in [3.63, 3.8) is 0 Å². The molecule has 0 radical (unpaired) electrons. The molecule has 2 N–H and O–H groups in total. The largest absolute Gasteiger partial charge is 0.400 e. The molecule has 1 saturated heterocycles. The number of aldehydes is 1. The summed E-state index contributed by atoms with van der Waals surface area (Å²) < 4.78 is 0. The van der Waals surface area contributed by atoms with Crippen LogP contribution in [-0.2, 0) is 4.79 Å². The molecule has 0 aromatic carbocycles. The first-order valence-electron chi connectivity index (χ1n) is 7.28. The van der Waals surface area contributed by atoms with Gasteiger partial charge in [-0.1, -0.05) is 48.0 Å². The molecule has 1 aliphatic heterocycles. The first-order valence-corrected chi connectivity index (χ1v) is 7.28. The van der Waals surface area contributed by atoms with Gasteiger partial charge in [0.05, 0.1) is 0 Å². The molecule has 0 bridgehead atoms. The van der Waals surface area contributed by atoms with Crippen molar-refractivity contribution in [2.75, 3.05) is 13.7 Å². The van der Waals surface area contributed by atoms with Crippen molar-refractivity contribution in [3.8, 4) is 0 Å². The number of hydrogen-bond donors (Lipinski definition) is 2. The van der Waals surface area contributed by atoms with Gasteiger partial charge < -0.3 is 15.2 Å². The van der Waals surface area contributed by atoms with E-state index in [1.54, 1.807) is 0 Å². The Kier molecular flexibility index (Phi) is 37.3. The maximum Gasteiger partial charge on any atom is 0.116 e. The first-order chi connectivity index (χ1) is 8.70. The molecule has 3 heteroatoms. The van der Waals surface area contributed by atoms with Crippen LogP contribution in [0.4, 0.5) is 0 Å². The SMILES string of the molecule is C.CC.CC(C)CCCC1CCCN1.CC=O.CO. The van der Waals surface area contributed by atoms with E-state index in [0.717, 1.165) is 25.4 Å². The zero-order valence-electron chi connectivity index (χ0n) is 13.3. The highest BCUT2D eigenvalue weighted by Gasteiger charge is 2.12. The van der Waals surface area contributed by atoms with Gasteiger partial charge >= 0.3 is 0 Å². The Labute approximate surface area is 122 Å². The third kappa shape index (κ3) is 27.0. The van der Waals surface area contributed by atoms with Crippen molar-refractivity contribution in [3.05, 3.63) is 0 Å². The number of aliphatic hydroxyl groups is 1. The lowest BCUT2D eigenvalue weighted by atomic mass is 10.0. The van der Waals surface area contributed by atoms with Gasteiger partial charge in [0.1, 0.15) is 6.29 Å². The van der Waals surface area contributed by atoms with E-state index in [1.807, 2.05) is 13.8 Å². The molecule has 120 valence electrons. The molecule has 1 aliphatic rings. The number of carbonyl (C=O) groups is 1. The van der Waals surface area contributed by atoms with Crippen molar-refractivity contribution in [2.24, 2.45) is 5.92 Å². The van der Waals surface area contributed by atoms with Crippen LogP contribution in [-0.4, -0.2) is 31.1 Å². The average molecular weight is 277 g/mol. The maximum absolute atomic E-state index is 8.81. The van der Waals surface area contributed by atoms with E-state index in [4.69, 9.17) is 9.90 Å². The van der Waals surface area contributed by atoms with Crippen LogP contribution in [0.3, 0.4) is 0 Å². The van der Waals surface area contributed by atoms with Gasteiger partial charge in [0.2, 0.25) is 0 Å². The zero-order chi connectivity index (χ0) is 14.8. The third-order valence-electron chi connectivity index (χ3n) is 2.50. The van der Waals surface area contributed by atoms with Crippen LogP contribution in [0.15, 0.2) is 0 Å². The lowest BCUT2D eigenvalue weighted by molar-refractivity contribution is -0.106. The minimum absolute atomic E-state index is 0. The smallest absolute Gasteiger partial charge is 0.116 e. The van der Waals surface area contributed by atoms with E-state index in [-0.39, 0.29) is 7.43 Å². The molecule has 0 aliphatic carbocycles. The molecule has 0 amide bonds. The monoisotopic (exact) mass is 277 g/mol. The summed E-state index contributed by atoms with van der Waals surface area (Å²) in [6.07, 6.45) is 7.77. The molecule has 1 fully saturated rings. The van der Waals surface area contributed by atoms with Gasteiger partial charge in [0.15, 0.2) is 0 Å². The van der Waals surface area contributed by atoms with Crippen molar-refractivity contribution in [2.45, 2.75) is 80.2 Å². The lowest BCUT2D eigenvalue weighted by Crippen LogP contribution is -2.20. The third-order valence-corrected chi connectivity index (χ3v) is 2.50. The van der Waals surface area contributed by atoms with Gasteiger partial charge in [-0.2, -0.15) is 0 Å². The van der Waals surface area contributed by atoms with Crippen LogP contribution < -0.4 is 5.32 Å². The normalized spacial score (nSPS) is 15.7. The van der Waals surface area contributed by atoms with E-state index in [9.17, 15) is 0 Å². The van der Waals surface area contributed by atoms with Gasteiger partial charge in [-0.3, -0.25) is 0 Å². The molecule has 1 unspecified atom stereocenters. The summed E-state index contributed by atoms with van der Waals surface area (Å²) in [6.45, 7) is 11.3. The minimum atomic E-state index is 0. The molecule has 1 atom stereocenters. The van der Waals surface area contributed by atoms with E-state index >= 15 is 0 Å². The van der Waals surface area contributed by atoms with Gasteiger partial charge in [-0.25, -0.2) is 0 Å². The van der Waals surface area contributed by atoms with Crippen LogP contribution in [0.25, 0.3) is 0 Å². The topological polar surface area (TPSA) is 49.3 Å². The molecule has 19 heavy (non-hydrogen) atoms. The molecular formula is C16H39NO2. The number of nitrogens with one attached hydrogen (secondary N) is 1. The second-order valence-electron chi connectivity index (χ2n) is 4.35. The standard InChI is InChI=1S/C10H21N.C2H4O.C2H6.CH4O.CH4/c1-9(2)5-3-6-10-7-4-8-11-10;1-2-3;2*1-2;/h9-11H,3-8H2,1-2H3;2H,1H3;1-2H3;2H,1H3;1H4. The molecule has 0 aromatic rings. The Morgan fingerprint density at radius 2 is 1.79 bits per heavy atom. The summed E-state index contributed by atoms with van der Waals surface area (Å²) in [5.74, 6) is 0.886. The van der Waals surface area contributed by atoms with Gasteiger partial charge in [-0.15, -0.1) is 0 Å². The van der Waals surface area contributed by atoms with Crippen LogP contribution in [0.5, 0.6) is 0 Å². The Balaban J connectivity index is -0.000000121. The molecular weight excluding hydrogens is 238 g/mol. The van der Waals surface area contributed by atoms with E-state index in [2.05, 4.69) is 19.2 Å². The van der Waals surface area contributed by atoms with Crippen molar-refractivity contribution < 1.29 is 9.90 Å². The summed E-state index contributed by atoms with van der Waals surface area (Å²) in [5, 5.41) is 10.5. The minimum Gasteiger partial charge on any atom is -0.400 e. The van der Waals surface area contributed by atoms with E-state index < -0.39 is 0 Å². The number of hydrogen-bond acceptors (Lipinski definition) is 3. The Bertz CT molecular complexity index is 133. The van der Waals surface area contributed by atoms with Crippen LogP contribution in [0.2, 0.25) is 0 Å². The molecule has 1 rings (SSSR count). The maximum atomic E-state index is 8.81. The summed E-state index contributed by atoms with van der Waals surface area (Å²) in [7, 11) is 1.00. The summed E-state index contributed by atoms with van der Waals surface area (Å²) in [4.78, 5) is 8.81. The predicted octanol–water partition coefficient (Wildman–Crippen LogP) is 4.04. The highest BCUT2D eigenvalue weighted by atomic mass is 16.2. The summed E-state index contributed by atoms with van der Waals surface area (Å²) in [5.41, 5.74) is 0. The quantitative estimate of drug-likeness (QED) is 0.762. The number of aliphatic hydroxyl groups excluding tert-OH is 1. The summed E-state index contributed by atoms with van der Waals surface area (Å²) in [6, 6.07) is 0.855. The van der Waals surface area contributed by atoms with Crippen LogP contribution in [0.1, 0.15) is 74.1 Å². The Hall–Kier alpha value is -0.410. The number of rotatable bonds is 4. The molecule has 3 nitrogen and oxygen atoms in total. The fourth-order valence-electron chi connectivity index (χ4n) is 1.78. The Morgan fingerprint density at radius 1 is 1.32 bits per heavy atom.